The van der Waals surface area contributed by atoms with Crippen molar-refractivity contribution in [2.45, 2.75) is 30.9 Å². The van der Waals surface area contributed by atoms with Gasteiger partial charge in [0, 0.05) is 31.9 Å². The molecule has 0 saturated carbocycles. The van der Waals surface area contributed by atoms with E-state index in [-0.39, 0.29) is 11.2 Å². The molecule has 1 N–H and O–H groups in total. The Labute approximate surface area is 195 Å². The number of carbonyl (C=O) groups excluding carboxylic acids is 1. The molecular formula is C22H20Cl3N3OS. The van der Waals surface area contributed by atoms with Gasteiger partial charge in [-0.15, -0.1) is 11.8 Å². The second-order valence-electron chi connectivity index (χ2n) is 6.71. The van der Waals surface area contributed by atoms with Gasteiger partial charge in [0.25, 0.3) is 5.91 Å². The smallest absolute Gasteiger partial charge is 0.253 e. The third-order valence-corrected chi connectivity index (χ3v) is 6.41. The first kappa shape index (κ1) is 22.8. The summed E-state index contributed by atoms with van der Waals surface area (Å²) in [5.74, 6) is -0.183. The molecule has 4 nitrogen and oxygen atoms in total. The van der Waals surface area contributed by atoms with Crippen LogP contribution in [-0.2, 0) is 4.79 Å². The number of aromatic nitrogens is 1. The molecule has 1 amide bonds. The molecule has 1 heterocycles. The number of aryl methyl sites for hydroxylation is 1. The lowest BCUT2D eigenvalue weighted by atomic mass is 10.2. The highest BCUT2D eigenvalue weighted by Crippen LogP contribution is 2.29. The van der Waals surface area contributed by atoms with E-state index in [0.717, 1.165) is 27.5 Å². The second-order valence-corrected chi connectivity index (χ2v) is 9.40. The van der Waals surface area contributed by atoms with E-state index in [1.807, 2.05) is 49.6 Å². The number of rotatable bonds is 6. The summed E-state index contributed by atoms with van der Waals surface area (Å²) in [4.78, 5) is 13.3. The van der Waals surface area contributed by atoms with Crippen molar-refractivity contribution in [2.24, 2.45) is 5.10 Å². The maximum absolute atomic E-state index is 12.4. The van der Waals surface area contributed by atoms with Crippen molar-refractivity contribution in [1.82, 2.24) is 9.99 Å². The Morgan fingerprint density at radius 3 is 2.43 bits per heavy atom. The molecule has 0 saturated heterocycles. The number of nitrogens with one attached hydrogen (secondary N) is 1. The second kappa shape index (κ2) is 9.92. The Kier molecular flexibility index (Phi) is 7.53. The topological polar surface area (TPSA) is 46.4 Å². The maximum Gasteiger partial charge on any atom is 0.253 e. The Bertz CT molecular complexity index is 1090. The summed E-state index contributed by atoms with van der Waals surface area (Å²) in [6, 6.07) is 14.7. The van der Waals surface area contributed by atoms with Gasteiger partial charge in [-0.05, 0) is 69.3 Å². The molecule has 0 bridgehead atoms. The molecular weight excluding hydrogens is 461 g/mol. The number of benzene rings is 2. The summed E-state index contributed by atoms with van der Waals surface area (Å²) in [5.41, 5.74) is 6.21. The van der Waals surface area contributed by atoms with Gasteiger partial charge in [0.15, 0.2) is 0 Å². The van der Waals surface area contributed by atoms with Gasteiger partial charge in [-0.2, -0.15) is 5.10 Å². The van der Waals surface area contributed by atoms with E-state index in [9.17, 15) is 4.79 Å². The van der Waals surface area contributed by atoms with Crippen LogP contribution < -0.4 is 5.43 Å². The third kappa shape index (κ3) is 5.41. The number of hydrogen-bond acceptors (Lipinski definition) is 3. The zero-order chi connectivity index (χ0) is 21.8. The van der Waals surface area contributed by atoms with Gasteiger partial charge < -0.3 is 4.57 Å². The van der Waals surface area contributed by atoms with E-state index < -0.39 is 0 Å². The average molecular weight is 481 g/mol. The molecule has 3 aromatic rings. The van der Waals surface area contributed by atoms with Crippen molar-refractivity contribution in [1.29, 1.82) is 0 Å². The average Bonchev–Trinajstić information content (AvgIpc) is 2.98. The monoisotopic (exact) mass is 479 g/mol. The zero-order valence-corrected chi connectivity index (χ0v) is 19.7. The number of hydrazone groups is 1. The number of halogens is 3. The van der Waals surface area contributed by atoms with Gasteiger partial charge in [0.1, 0.15) is 0 Å². The first-order chi connectivity index (χ1) is 14.3. The molecule has 3 rings (SSSR count). The number of hydrogen-bond donors (Lipinski definition) is 1. The van der Waals surface area contributed by atoms with Gasteiger partial charge in [-0.1, -0.05) is 34.8 Å². The van der Waals surface area contributed by atoms with Crippen molar-refractivity contribution >= 4 is 58.7 Å². The van der Waals surface area contributed by atoms with Crippen LogP contribution >= 0.6 is 46.6 Å². The third-order valence-electron chi connectivity index (χ3n) is 4.49. The van der Waals surface area contributed by atoms with Crippen LogP contribution in [0.4, 0.5) is 0 Å². The standard InChI is InChI=1S/C22H20Cl3N3OS/c1-13-10-16(14(2)28(13)21-11-18(24)6-9-20(21)25)12-26-27-22(29)15(3)30-19-7-4-17(23)5-8-19/h4-12,15H,1-3H3,(H,27,29)/b26-12-/t15-/m0/s1. The highest BCUT2D eigenvalue weighted by molar-refractivity contribution is 8.00. The molecule has 0 aliphatic heterocycles. The summed E-state index contributed by atoms with van der Waals surface area (Å²) in [6.45, 7) is 5.77. The Morgan fingerprint density at radius 1 is 1.07 bits per heavy atom. The maximum atomic E-state index is 12.4. The van der Waals surface area contributed by atoms with E-state index >= 15 is 0 Å². The minimum absolute atomic E-state index is 0.183. The first-order valence-electron chi connectivity index (χ1n) is 9.15. The fourth-order valence-corrected chi connectivity index (χ4v) is 4.33. The summed E-state index contributed by atoms with van der Waals surface area (Å²) in [7, 11) is 0. The van der Waals surface area contributed by atoms with Crippen molar-refractivity contribution in [3.63, 3.8) is 0 Å². The fraction of sp³-hybridized carbons (Fsp3) is 0.182. The molecule has 0 aliphatic carbocycles. The van der Waals surface area contributed by atoms with Gasteiger partial charge in [0.2, 0.25) is 0 Å². The number of thioether (sulfide) groups is 1. The van der Waals surface area contributed by atoms with E-state index in [2.05, 4.69) is 10.5 Å². The summed E-state index contributed by atoms with van der Waals surface area (Å²) in [6.07, 6.45) is 1.63. The molecule has 8 heteroatoms. The summed E-state index contributed by atoms with van der Waals surface area (Å²) in [5, 5.41) is 5.71. The number of nitrogens with zero attached hydrogens (tertiary/aromatic N) is 2. The minimum Gasteiger partial charge on any atom is -0.316 e. The lowest BCUT2D eigenvalue weighted by molar-refractivity contribution is -0.120. The zero-order valence-electron chi connectivity index (χ0n) is 16.6. The fourth-order valence-electron chi connectivity index (χ4n) is 2.97. The highest BCUT2D eigenvalue weighted by atomic mass is 35.5. The quantitative estimate of drug-likeness (QED) is 0.243. The summed E-state index contributed by atoms with van der Waals surface area (Å²) >= 11 is 19.8. The van der Waals surface area contributed by atoms with Crippen LogP contribution in [-0.4, -0.2) is 21.9 Å². The van der Waals surface area contributed by atoms with E-state index in [1.54, 1.807) is 30.5 Å². The van der Waals surface area contributed by atoms with Gasteiger partial charge in [-0.3, -0.25) is 4.79 Å². The van der Waals surface area contributed by atoms with Crippen molar-refractivity contribution in [3.8, 4) is 5.69 Å². The molecule has 30 heavy (non-hydrogen) atoms. The lowest BCUT2D eigenvalue weighted by Gasteiger charge is -2.12. The van der Waals surface area contributed by atoms with Crippen LogP contribution in [0.2, 0.25) is 15.1 Å². The summed E-state index contributed by atoms with van der Waals surface area (Å²) < 4.78 is 2.01. The van der Waals surface area contributed by atoms with Crippen LogP contribution in [0.3, 0.4) is 0 Å². The molecule has 0 radical (unpaired) electrons. The van der Waals surface area contributed by atoms with Crippen molar-refractivity contribution in [3.05, 3.63) is 80.6 Å². The molecule has 0 unspecified atom stereocenters. The predicted octanol–water partition coefficient (Wildman–Crippen LogP) is 6.69. The van der Waals surface area contributed by atoms with Crippen LogP contribution in [0, 0.1) is 13.8 Å². The largest absolute Gasteiger partial charge is 0.316 e. The number of amides is 1. The van der Waals surface area contributed by atoms with Crippen molar-refractivity contribution in [2.75, 3.05) is 0 Å². The van der Waals surface area contributed by atoms with Gasteiger partial charge in [-0.25, -0.2) is 5.43 Å². The van der Waals surface area contributed by atoms with Crippen LogP contribution in [0.5, 0.6) is 0 Å². The van der Waals surface area contributed by atoms with Crippen LogP contribution in [0.15, 0.2) is 58.5 Å². The normalized spacial score (nSPS) is 12.3. The van der Waals surface area contributed by atoms with E-state index in [0.29, 0.717) is 15.1 Å². The number of carbonyl (C=O) groups is 1. The molecule has 0 spiro atoms. The SMILES string of the molecule is Cc1cc(/C=N\NC(=O)[C@H](C)Sc2ccc(Cl)cc2)c(C)n1-c1cc(Cl)ccc1Cl. The van der Waals surface area contributed by atoms with Crippen LogP contribution in [0.25, 0.3) is 5.69 Å². The minimum atomic E-state index is -0.305. The predicted molar refractivity (Wildman–Crippen MR) is 128 cm³/mol. The van der Waals surface area contributed by atoms with Gasteiger partial charge in [0.05, 0.1) is 22.2 Å². The van der Waals surface area contributed by atoms with E-state index in [1.165, 1.54) is 11.8 Å². The Balaban J connectivity index is 1.70. The molecule has 2 aromatic carbocycles. The first-order valence-corrected chi connectivity index (χ1v) is 11.2. The van der Waals surface area contributed by atoms with Gasteiger partial charge >= 0.3 is 0 Å². The van der Waals surface area contributed by atoms with E-state index in [4.69, 9.17) is 34.8 Å². The molecule has 0 aliphatic rings. The highest BCUT2D eigenvalue weighted by Gasteiger charge is 2.15. The van der Waals surface area contributed by atoms with Crippen LogP contribution in [0.1, 0.15) is 23.9 Å². The Morgan fingerprint density at radius 2 is 1.73 bits per heavy atom. The Hall–Kier alpha value is -1.92. The lowest BCUT2D eigenvalue weighted by Crippen LogP contribution is -2.26. The molecule has 1 aromatic heterocycles. The molecule has 0 fully saturated rings. The molecule has 156 valence electrons. The van der Waals surface area contributed by atoms with Crippen molar-refractivity contribution < 1.29 is 4.79 Å². The molecule has 1 atom stereocenters.